The predicted octanol–water partition coefficient (Wildman–Crippen LogP) is 2.57. The molecule has 1 aromatic heterocycles. The molecular formula is C17H25N3O2. The summed E-state index contributed by atoms with van der Waals surface area (Å²) in [6, 6.07) is 8.14. The summed E-state index contributed by atoms with van der Waals surface area (Å²) in [6.45, 7) is 5.89. The Labute approximate surface area is 131 Å². The summed E-state index contributed by atoms with van der Waals surface area (Å²) in [4.78, 5) is 11.6. The second kappa shape index (κ2) is 6.40. The zero-order chi connectivity index (χ0) is 16.3. The van der Waals surface area contributed by atoms with Gasteiger partial charge in [-0.15, -0.1) is 0 Å². The van der Waals surface area contributed by atoms with Crippen LogP contribution in [0.5, 0.6) is 0 Å². The Morgan fingerprint density at radius 1 is 1.36 bits per heavy atom. The van der Waals surface area contributed by atoms with Crippen molar-refractivity contribution in [2.24, 2.45) is 12.8 Å². The van der Waals surface area contributed by atoms with E-state index in [0.717, 1.165) is 0 Å². The molecule has 1 atom stereocenters. The summed E-state index contributed by atoms with van der Waals surface area (Å²) in [5.41, 5.74) is 8.02. The molecule has 0 aliphatic heterocycles. The molecule has 3 N–H and O–H groups in total. The normalized spacial score (nSPS) is 13.1. The largest absolute Gasteiger partial charge is 0.444 e. The Kier molecular flexibility index (Phi) is 4.76. The predicted molar refractivity (Wildman–Crippen MR) is 88.8 cm³/mol. The van der Waals surface area contributed by atoms with Gasteiger partial charge in [-0.3, -0.25) is 0 Å². The molecule has 0 aliphatic carbocycles. The SMILES string of the molecule is Cn1ccc2c(CC(N)CNC(=O)OC(C)(C)C)cccc21. The number of alkyl carbamates (subject to hydrolysis) is 1. The van der Waals surface area contributed by atoms with Gasteiger partial charge in [-0.05, 0) is 44.9 Å². The van der Waals surface area contributed by atoms with Crippen molar-refractivity contribution in [1.82, 2.24) is 9.88 Å². The number of aromatic nitrogens is 1. The molecule has 0 spiro atoms. The standard InChI is InChI=1S/C17H25N3O2/c1-17(2,3)22-16(21)19-11-13(18)10-12-6-5-7-15-14(12)8-9-20(15)4/h5-9,13H,10-11,18H2,1-4H3,(H,19,21). The first-order valence-electron chi connectivity index (χ1n) is 7.51. The van der Waals surface area contributed by atoms with Gasteiger partial charge in [-0.25, -0.2) is 4.79 Å². The Bertz CT molecular complexity index is 655. The fourth-order valence-electron chi connectivity index (χ4n) is 2.43. The van der Waals surface area contributed by atoms with Crippen LogP contribution in [0.4, 0.5) is 4.79 Å². The van der Waals surface area contributed by atoms with Crippen LogP contribution in [0.3, 0.4) is 0 Å². The maximum absolute atomic E-state index is 11.6. The highest BCUT2D eigenvalue weighted by atomic mass is 16.6. The number of aryl methyl sites for hydroxylation is 1. The molecule has 1 aromatic carbocycles. The van der Waals surface area contributed by atoms with Gasteiger partial charge in [0.25, 0.3) is 0 Å². The third-order valence-corrected chi connectivity index (χ3v) is 3.41. The van der Waals surface area contributed by atoms with E-state index in [1.165, 1.54) is 16.5 Å². The summed E-state index contributed by atoms with van der Waals surface area (Å²) in [5, 5.41) is 3.93. The van der Waals surface area contributed by atoms with E-state index in [2.05, 4.69) is 28.1 Å². The van der Waals surface area contributed by atoms with Crippen LogP contribution in [-0.4, -0.2) is 28.8 Å². The number of carbonyl (C=O) groups excluding carboxylic acids is 1. The third-order valence-electron chi connectivity index (χ3n) is 3.41. The molecule has 2 aromatic rings. The van der Waals surface area contributed by atoms with Crippen LogP contribution in [0.2, 0.25) is 0 Å². The lowest BCUT2D eigenvalue weighted by Crippen LogP contribution is -2.41. The van der Waals surface area contributed by atoms with Crippen molar-refractivity contribution >= 4 is 17.0 Å². The van der Waals surface area contributed by atoms with Gasteiger partial charge in [0.15, 0.2) is 0 Å². The Morgan fingerprint density at radius 3 is 2.77 bits per heavy atom. The number of carbonyl (C=O) groups is 1. The number of fused-ring (bicyclic) bond motifs is 1. The smallest absolute Gasteiger partial charge is 0.407 e. The molecule has 0 saturated carbocycles. The van der Waals surface area contributed by atoms with Gasteiger partial charge < -0.3 is 20.4 Å². The highest BCUT2D eigenvalue weighted by Crippen LogP contribution is 2.20. The minimum atomic E-state index is -0.496. The molecule has 22 heavy (non-hydrogen) atoms. The van der Waals surface area contributed by atoms with E-state index in [0.29, 0.717) is 13.0 Å². The van der Waals surface area contributed by atoms with Crippen molar-refractivity contribution in [1.29, 1.82) is 0 Å². The van der Waals surface area contributed by atoms with Gasteiger partial charge in [0, 0.05) is 36.7 Å². The highest BCUT2D eigenvalue weighted by molar-refractivity contribution is 5.83. The lowest BCUT2D eigenvalue weighted by Gasteiger charge is -2.21. The van der Waals surface area contributed by atoms with Gasteiger partial charge >= 0.3 is 6.09 Å². The van der Waals surface area contributed by atoms with Crippen LogP contribution in [-0.2, 0) is 18.2 Å². The first-order valence-corrected chi connectivity index (χ1v) is 7.51. The summed E-state index contributed by atoms with van der Waals surface area (Å²) < 4.78 is 7.29. The van der Waals surface area contributed by atoms with Crippen molar-refractivity contribution in [3.63, 3.8) is 0 Å². The zero-order valence-corrected chi connectivity index (χ0v) is 13.7. The Hall–Kier alpha value is -2.01. The number of nitrogens with two attached hydrogens (primary N) is 1. The van der Waals surface area contributed by atoms with E-state index in [9.17, 15) is 4.79 Å². The van der Waals surface area contributed by atoms with Crippen molar-refractivity contribution in [3.05, 3.63) is 36.0 Å². The molecule has 5 heteroatoms. The number of hydrogen-bond donors (Lipinski definition) is 2. The number of hydrogen-bond acceptors (Lipinski definition) is 3. The van der Waals surface area contributed by atoms with Crippen LogP contribution in [0.25, 0.3) is 10.9 Å². The van der Waals surface area contributed by atoms with Gasteiger partial charge in [-0.1, -0.05) is 12.1 Å². The second-order valence-electron chi connectivity index (χ2n) is 6.62. The number of nitrogens with zero attached hydrogens (tertiary/aromatic N) is 1. The minimum absolute atomic E-state index is 0.154. The van der Waals surface area contributed by atoms with Crippen molar-refractivity contribution in [2.75, 3.05) is 6.54 Å². The van der Waals surface area contributed by atoms with E-state index < -0.39 is 11.7 Å². The van der Waals surface area contributed by atoms with E-state index in [4.69, 9.17) is 10.5 Å². The molecule has 1 unspecified atom stereocenters. The Morgan fingerprint density at radius 2 is 2.09 bits per heavy atom. The number of amides is 1. The summed E-state index contributed by atoms with van der Waals surface area (Å²) in [6.07, 6.45) is 2.32. The molecule has 0 fully saturated rings. The van der Waals surface area contributed by atoms with E-state index in [-0.39, 0.29) is 6.04 Å². The number of rotatable bonds is 4. The molecule has 5 nitrogen and oxygen atoms in total. The average Bonchev–Trinajstić information content (AvgIpc) is 2.78. The zero-order valence-electron chi connectivity index (χ0n) is 13.7. The van der Waals surface area contributed by atoms with Gasteiger partial charge in [0.1, 0.15) is 5.60 Å². The number of benzene rings is 1. The van der Waals surface area contributed by atoms with Crippen LogP contribution in [0.15, 0.2) is 30.5 Å². The topological polar surface area (TPSA) is 69.3 Å². The fraction of sp³-hybridized carbons (Fsp3) is 0.471. The molecule has 120 valence electrons. The van der Waals surface area contributed by atoms with Gasteiger partial charge in [0.2, 0.25) is 0 Å². The maximum Gasteiger partial charge on any atom is 0.407 e. The van der Waals surface area contributed by atoms with Crippen molar-refractivity contribution < 1.29 is 9.53 Å². The summed E-state index contributed by atoms with van der Waals surface area (Å²) in [5.74, 6) is 0. The molecule has 2 rings (SSSR count). The van der Waals surface area contributed by atoms with E-state index in [1.54, 1.807) is 0 Å². The number of nitrogens with one attached hydrogen (secondary N) is 1. The quantitative estimate of drug-likeness (QED) is 0.912. The maximum atomic E-state index is 11.6. The number of ether oxygens (including phenoxy) is 1. The van der Waals surface area contributed by atoms with Gasteiger partial charge in [-0.2, -0.15) is 0 Å². The van der Waals surface area contributed by atoms with Crippen LogP contribution in [0.1, 0.15) is 26.3 Å². The second-order valence-corrected chi connectivity index (χ2v) is 6.62. The molecule has 0 aliphatic rings. The molecule has 0 bridgehead atoms. The van der Waals surface area contributed by atoms with E-state index in [1.807, 2.05) is 40.1 Å². The summed E-state index contributed by atoms with van der Waals surface area (Å²) in [7, 11) is 2.02. The Balaban J connectivity index is 1.94. The van der Waals surface area contributed by atoms with Crippen molar-refractivity contribution in [2.45, 2.75) is 38.8 Å². The molecular weight excluding hydrogens is 278 g/mol. The average molecular weight is 303 g/mol. The van der Waals surface area contributed by atoms with E-state index >= 15 is 0 Å². The molecule has 0 saturated heterocycles. The lowest BCUT2D eigenvalue weighted by atomic mass is 10.0. The van der Waals surface area contributed by atoms with Gasteiger partial charge in [0.05, 0.1) is 0 Å². The fourth-order valence-corrected chi connectivity index (χ4v) is 2.43. The van der Waals surface area contributed by atoms with Crippen LogP contribution >= 0.6 is 0 Å². The molecule has 1 amide bonds. The first kappa shape index (κ1) is 16.4. The minimum Gasteiger partial charge on any atom is -0.444 e. The van der Waals surface area contributed by atoms with Crippen LogP contribution in [0, 0.1) is 0 Å². The molecule has 1 heterocycles. The van der Waals surface area contributed by atoms with Crippen molar-refractivity contribution in [3.8, 4) is 0 Å². The lowest BCUT2D eigenvalue weighted by molar-refractivity contribution is 0.0524. The first-order chi connectivity index (χ1) is 10.3. The summed E-state index contributed by atoms with van der Waals surface area (Å²) >= 11 is 0. The third kappa shape index (κ3) is 4.24. The molecule has 0 radical (unpaired) electrons. The highest BCUT2D eigenvalue weighted by Gasteiger charge is 2.17. The monoisotopic (exact) mass is 303 g/mol. The van der Waals surface area contributed by atoms with Crippen LogP contribution < -0.4 is 11.1 Å².